The number of nitrogens with zero attached hydrogens (tertiary/aromatic N) is 1. The molecule has 2 saturated heterocycles. The summed E-state index contributed by atoms with van der Waals surface area (Å²) in [5, 5.41) is 3.39. The third-order valence-corrected chi connectivity index (χ3v) is 3.56. The first kappa shape index (κ1) is 11.6. The molecule has 1 aromatic rings. The number of nitrogen functional groups attached to an aromatic ring is 1. The van der Waals surface area contributed by atoms with E-state index in [1.807, 2.05) is 12.1 Å². The van der Waals surface area contributed by atoms with Crippen molar-refractivity contribution in [1.29, 1.82) is 0 Å². The molecule has 2 bridgehead atoms. The molecule has 1 aromatic carbocycles. The number of methoxy groups -OCH3 is 1. The maximum atomic E-state index is 5.96. The van der Waals surface area contributed by atoms with Crippen LogP contribution < -0.4 is 20.7 Å². The lowest BCUT2D eigenvalue weighted by molar-refractivity contribution is -0.0483. The molecule has 2 atom stereocenters. The molecule has 2 fully saturated rings. The van der Waals surface area contributed by atoms with Gasteiger partial charge >= 0.3 is 0 Å². The van der Waals surface area contributed by atoms with Gasteiger partial charge in [-0.1, -0.05) is 0 Å². The van der Waals surface area contributed by atoms with Crippen LogP contribution in [0.25, 0.3) is 0 Å². The highest BCUT2D eigenvalue weighted by atomic mass is 16.5. The Bertz CT molecular complexity index is 426. The van der Waals surface area contributed by atoms with Crippen molar-refractivity contribution in [1.82, 2.24) is 5.32 Å². The van der Waals surface area contributed by atoms with E-state index in [-0.39, 0.29) is 12.2 Å². The first-order chi connectivity index (χ1) is 8.76. The summed E-state index contributed by atoms with van der Waals surface area (Å²) in [4.78, 5) is 2.34. The molecule has 5 nitrogen and oxygen atoms in total. The van der Waals surface area contributed by atoms with Crippen molar-refractivity contribution >= 4 is 11.4 Å². The lowest BCUT2D eigenvalue weighted by Crippen LogP contribution is -2.58. The van der Waals surface area contributed by atoms with Crippen LogP contribution in [0.15, 0.2) is 18.2 Å². The zero-order valence-electron chi connectivity index (χ0n) is 10.6. The molecule has 98 valence electrons. The van der Waals surface area contributed by atoms with Gasteiger partial charge in [-0.15, -0.1) is 0 Å². The normalized spacial score (nSPS) is 27.1. The number of nitrogens with one attached hydrogen (secondary N) is 1. The average molecular weight is 249 g/mol. The summed E-state index contributed by atoms with van der Waals surface area (Å²) in [7, 11) is 1.64. The molecule has 3 N–H and O–H groups in total. The van der Waals surface area contributed by atoms with Crippen molar-refractivity contribution in [2.24, 2.45) is 0 Å². The van der Waals surface area contributed by atoms with Gasteiger partial charge < -0.3 is 25.4 Å². The van der Waals surface area contributed by atoms with Crippen LogP contribution in [-0.2, 0) is 4.74 Å². The summed E-state index contributed by atoms with van der Waals surface area (Å²) in [6, 6.07) is 5.96. The minimum Gasteiger partial charge on any atom is -0.495 e. The molecule has 0 aliphatic carbocycles. The second-order valence-corrected chi connectivity index (χ2v) is 4.87. The number of nitrogens with two attached hydrogens (primary N) is 1. The summed E-state index contributed by atoms with van der Waals surface area (Å²) < 4.78 is 11.1. The number of rotatable bonds is 2. The van der Waals surface area contributed by atoms with Gasteiger partial charge in [0.1, 0.15) is 5.75 Å². The molecular formula is C13H19N3O2. The summed E-state index contributed by atoms with van der Waals surface area (Å²) in [5.74, 6) is 0.730. The van der Waals surface area contributed by atoms with Crippen LogP contribution in [0.3, 0.4) is 0 Å². The highest BCUT2D eigenvalue weighted by molar-refractivity contribution is 5.63. The Hall–Kier alpha value is -1.46. The maximum Gasteiger partial charge on any atom is 0.141 e. The van der Waals surface area contributed by atoms with Gasteiger partial charge in [-0.2, -0.15) is 0 Å². The van der Waals surface area contributed by atoms with Gasteiger partial charge in [0.05, 0.1) is 25.0 Å². The van der Waals surface area contributed by atoms with E-state index in [2.05, 4.69) is 16.3 Å². The third kappa shape index (κ3) is 2.11. The fourth-order valence-corrected chi connectivity index (χ4v) is 2.68. The molecule has 0 spiro atoms. The standard InChI is InChI=1S/C13H19N3O2/c1-17-13-3-2-9(4-12(13)14)16-7-10-5-15-6-11(8-16)18-10/h2-4,10-11,15H,5-8,14H2,1H3. The Morgan fingerprint density at radius 1 is 1.33 bits per heavy atom. The second-order valence-electron chi connectivity index (χ2n) is 4.87. The van der Waals surface area contributed by atoms with Crippen molar-refractivity contribution in [3.8, 4) is 5.75 Å². The zero-order valence-corrected chi connectivity index (χ0v) is 10.6. The van der Waals surface area contributed by atoms with E-state index >= 15 is 0 Å². The number of anilines is 2. The van der Waals surface area contributed by atoms with E-state index in [4.69, 9.17) is 15.2 Å². The van der Waals surface area contributed by atoms with E-state index in [9.17, 15) is 0 Å². The monoisotopic (exact) mass is 249 g/mol. The van der Waals surface area contributed by atoms with Gasteiger partial charge in [0.15, 0.2) is 0 Å². The quantitative estimate of drug-likeness (QED) is 0.745. The molecule has 0 radical (unpaired) electrons. The van der Waals surface area contributed by atoms with Crippen LogP contribution in [0.2, 0.25) is 0 Å². The van der Waals surface area contributed by atoms with E-state index in [0.717, 1.165) is 37.6 Å². The van der Waals surface area contributed by atoms with Crippen LogP contribution in [-0.4, -0.2) is 45.5 Å². The smallest absolute Gasteiger partial charge is 0.141 e. The number of hydrogen-bond donors (Lipinski definition) is 2. The molecule has 2 aliphatic heterocycles. The molecule has 0 amide bonds. The fraction of sp³-hybridized carbons (Fsp3) is 0.538. The lowest BCUT2D eigenvalue weighted by atomic mass is 10.1. The molecule has 3 rings (SSSR count). The van der Waals surface area contributed by atoms with Crippen LogP contribution in [0.5, 0.6) is 5.75 Å². The Balaban J connectivity index is 1.80. The van der Waals surface area contributed by atoms with Gasteiger partial charge in [-0.25, -0.2) is 0 Å². The Labute approximate surface area is 107 Å². The van der Waals surface area contributed by atoms with Crippen molar-refractivity contribution < 1.29 is 9.47 Å². The van der Waals surface area contributed by atoms with Crippen LogP contribution in [0.4, 0.5) is 11.4 Å². The van der Waals surface area contributed by atoms with Crippen molar-refractivity contribution in [3.63, 3.8) is 0 Å². The minimum atomic E-state index is 0.279. The summed E-state index contributed by atoms with van der Waals surface area (Å²) in [6.07, 6.45) is 0.557. The number of hydrogen-bond acceptors (Lipinski definition) is 5. The Kier molecular flexibility index (Phi) is 3.01. The van der Waals surface area contributed by atoms with Gasteiger partial charge in [0.25, 0.3) is 0 Å². The molecule has 2 heterocycles. The van der Waals surface area contributed by atoms with Crippen molar-refractivity contribution in [2.45, 2.75) is 12.2 Å². The molecular weight excluding hydrogens is 230 g/mol. The number of morpholine rings is 2. The Morgan fingerprint density at radius 2 is 2.06 bits per heavy atom. The number of benzene rings is 1. The minimum absolute atomic E-state index is 0.279. The molecule has 2 unspecified atom stereocenters. The first-order valence-corrected chi connectivity index (χ1v) is 6.31. The predicted octanol–water partition coefficient (Wildman–Crippen LogP) is 0.454. The topological polar surface area (TPSA) is 59.8 Å². The molecule has 0 aromatic heterocycles. The highest BCUT2D eigenvalue weighted by Crippen LogP contribution is 2.29. The van der Waals surface area contributed by atoms with Crippen LogP contribution in [0, 0.1) is 0 Å². The summed E-state index contributed by atoms with van der Waals surface area (Å²) in [5.41, 5.74) is 7.79. The average Bonchev–Trinajstić information content (AvgIpc) is 2.38. The summed E-state index contributed by atoms with van der Waals surface area (Å²) >= 11 is 0. The van der Waals surface area contributed by atoms with Gasteiger partial charge in [0, 0.05) is 31.9 Å². The zero-order chi connectivity index (χ0) is 12.5. The van der Waals surface area contributed by atoms with Crippen LogP contribution in [0.1, 0.15) is 0 Å². The summed E-state index contributed by atoms with van der Waals surface area (Å²) in [6.45, 7) is 3.68. The van der Waals surface area contributed by atoms with Gasteiger partial charge in [0.2, 0.25) is 0 Å². The van der Waals surface area contributed by atoms with Gasteiger partial charge in [-0.05, 0) is 18.2 Å². The first-order valence-electron chi connectivity index (χ1n) is 6.31. The van der Waals surface area contributed by atoms with Gasteiger partial charge in [-0.3, -0.25) is 0 Å². The number of ether oxygens (including phenoxy) is 2. The van der Waals surface area contributed by atoms with E-state index in [1.165, 1.54) is 0 Å². The highest BCUT2D eigenvalue weighted by Gasteiger charge is 2.31. The largest absolute Gasteiger partial charge is 0.495 e. The lowest BCUT2D eigenvalue weighted by Gasteiger charge is -2.43. The number of fused-ring (bicyclic) bond motifs is 2. The Morgan fingerprint density at radius 3 is 2.67 bits per heavy atom. The second kappa shape index (κ2) is 4.66. The maximum absolute atomic E-state index is 5.96. The molecule has 18 heavy (non-hydrogen) atoms. The fourth-order valence-electron chi connectivity index (χ4n) is 2.68. The van der Waals surface area contributed by atoms with Crippen molar-refractivity contribution in [3.05, 3.63) is 18.2 Å². The van der Waals surface area contributed by atoms with E-state index < -0.39 is 0 Å². The van der Waals surface area contributed by atoms with Crippen LogP contribution >= 0.6 is 0 Å². The SMILES string of the molecule is COc1ccc(N2CC3CNCC(C2)O3)cc1N. The van der Waals surface area contributed by atoms with Crippen molar-refractivity contribution in [2.75, 3.05) is 43.9 Å². The van der Waals surface area contributed by atoms with E-state index in [1.54, 1.807) is 7.11 Å². The molecule has 2 aliphatic rings. The predicted molar refractivity (Wildman–Crippen MR) is 71.2 cm³/mol. The molecule has 0 saturated carbocycles. The van der Waals surface area contributed by atoms with E-state index in [0.29, 0.717) is 5.69 Å². The molecule has 5 heteroatoms. The third-order valence-electron chi connectivity index (χ3n) is 3.56.